The monoisotopic (exact) mass is 437 g/mol. The summed E-state index contributed by atoms with van der Waals surface area (Å²) in [6, 6.07) is 29.3. The van der Waals surface area contributed by atoms with E-state index < -0.39 is 10.9 Å². The highest BCUT2D eigenvalue weighted by Crippen LogP contribution is 2.22. The van der Waals surface area contributed by atoms with E-state index in [0.29, 0.717) is 11.1 Å². The molecule has 0 aromatic heterocycles. The van der Waals surface area contributed by atoms with Crippen molar-refractivity contribution in [2.24, 2.45) is 0 Å². The van der Waals surface area contributed by atoms with Crippen LogP contribution in [0.25, 0.3) is 11.1 Å². The van der Waals surface area contributed by atoms with Gasteiger partial charge in [0.1, 0.15) is 6.61 Å². The van der Waals surface area contributed by atoms with Gasteiger partial charge in [0.2, 0.25) is 0 Å². The summed E-state index contributed by atoms with van der Waals surface area (Å²) >= 11 is 0. The molecule has 4 aromatic carbocycles. The largest absolute Gasteiger partial charge is 0.457 e. The minimum Gasteiger partial charge on any atom is -0.457 e. The smallest absolute Gasteiger partial charge is 0.339 e. The Hall–Kier alpha value is -4.58. The molecule has 0 bridgehead atoms. The number of esters is 1. The number of rotatable bonds is 7. The minimum atomic E-state index is -0.675. The highest BCUT2D eigenvalue weighted by molar-refractivity contribution is 6.14. The van der Waals surface area contributed by atoms with E-state index in [1.165, 1.54) is 24.3 Å². The van der Waals surface area contributed by atoms with Gasteiger partial charge in [0.15, 0.2) is 5.78 Å². The molecule has 0 heterocycles. The average molecular weight is 437 g/mol. The van der Waals surface area contributed by atoms with Gasteiger partial charge in [-0.1, -0.05) is 84.9 Å². The van der Waals surface area contributed by atoms with E-state index in [1.807, 2.05) is 42.5 Å². The van der Waals surface area contributed by atoms with E-state index in [-0.39, 0.29) is 29.2 Å². The van der Waals surface area contributed by atoms with Crippen molar-refractivity contribution in [2.75, 3.05) is 0 Å². The molecule has 6 nitrogen and oxygen atoms in total. The number of nitrogens with zero attached hydrogens (tertiary/aromatic N) is 1. The topological polar surface area (TPSA) is 86.5 Å². The predicted octanol–water partition coefficient (Wildman–Crippen LogP) is 5.85. The number of non-ortho nitro benzene ring substituents is 1. The van der Waals surface area contributed by atoms with Crippen molar-refractivity contribution in [3.63, 3.8) is 0 Å². The van der Waals surface area contributed by atoms with Gasteiger partial charge in [-0.05, 0) is 22.8 Å². The molecule has 0 fully saturated rings. The van der Waals surface area contributed by atoms with E-state index in [9.17, 15) is 19.7 Å². The standard InChI is InChI=1S/C27H19NO5/c29-26(22-15-13-21(14-16-22)20-8-2-1-3-9-20)24-11-4-5-12-25(24)27(30)33-18-19-7-6-10-23(17-19)28(31)32/h1-17H,18H2. The van der Waals surface area contributed by atoms with Crippen LogP contribution in [-0.4, -0.2) is 16.7 Å². The van der Waals surface area contributed by atoms with Gasteiger partial charge in [0, 0.05) is 23.3 Å². The fraction of sp³-hybridized carbons (Fsp3) is 0.0370. The predicted molar refractivity (Wildman–Crippen MR) is 124 cm³/mol. The fourth-order valence-electron chi connectivity index (χ4n) is 3.45. The summed E-state index contributed by atoms with van der Waals surface area (Å²) in [7, 11) is 0. The third-order valence-electron chi connectivity index (χ3n) is 5.14. The summed E-state index contributed by atoms with van der Waals surface area (Å²) in [5.74, 6) is -0.969. The maximum absolute atomic E-state index is 13.1. The summed E-state index contributed by atoms with van der Waals surface area (Å²) in [4.78, 5) is 36.3. The summed E-state index contributed by atoms with van der Waals surface area (Å²) in [5.41, 5.74) is 3.25. The molecule has 33 heavy (non-hydrogen) atoms. The van der Waals surface area contributed by atoms with E-state index >= 15 is 0 Å². The normalized spacial score (nSPS) is 10.4. The van der Waals surface area contributed by atoms with E-state index in [2.05, 4.69) is 0 Å². The van der Waals surface area contributed by atoms with Gasteiger partial charge in [0.25, 0.3) is 5.69 Å². The first kappa shape index (κ1) is 21.6. The van der Waals surface area contributed by atoms with Crippen LogP contribution in [0.5, 0.6) is 0 Å². The number of ether oxygens (including phenoxy) is 1. The number of carbonyl (C=O) groups excluding carboxylic acids is 2. The molecule has 6 heteroatoms. The van der Waals surface area contributed by atoms with Crippen LogP contribution in [-0.2, 0) is 11.3 Å². The second-order valence-corrected chi connectivity index (χ2v) is 7.32. The van der Waals surface area contributed by atoms with E-state index in [1.54, 1.807) is 36.4 Å². The van der Waals surface area contributed by atoms with Gasteiger partial charge in [-0.2, -0.15) is 0 Å². The average Bonchev–Trinajstić information content (AvgIpc) is 2.87. The Kier molecular flexibility index (Phi) is 6.36. The van der Waals surface area contributed by atoms with Crippen LogP contribution in [0.3, 0.4) is 0 Å². The van der Waals surface area contributed by atoms with E-state index in [4.69, 9.17) is 4.74 Å². The molecule has 0 saturated carbocycles. The molecule has 0 amide bonds. The van der Waals surface area contributed by atoms with Crippen molar-refractivity contribution in [1.29, 1.82) is 0 Å². The van der Waals surface area contributed by atoms with Crippen LogP contribution in [0, 0.1) is 10.1 Å². The van der Waals surface area contributed by atoms with Gasteiger partial charge in [0.05, 0.1) is 10.5 Å². The Labute approximate surface area is 190 Å². The van der Waals surface area contributed by atoms with Crippen LogP contribution < -0.4 is 0 Å². The van der Waals surface area contributed by atoms with Gasteiger partial charge in [-0.25, -0.2) is 4.79 Å². The Morgan fingerprint density at radius 2 is 1.36 bits per heavy atom. The summed E-state index contributed by atoms with van der Waals surface area (Å²) < 4.78 is 5.34. The van der Waals surface area contributed by atoms with Gasteiger partial charge in [-0.15, -0.1) is 0 Å². The zero-order valence-electron chi connectivity index (χ0n) is 17.5. The number of ketones is 1. The highest BCUT2D eigenvalue weighted by Gasteiger charge is 2.19. The molecule has 0 aliphatic rings. The first-order valence-corrected chi connectivity index (χ1v) is 10.2. The van der Waals surface area contributed by atoms with Crippen molar-refractivity contribution in [3.8, 4) is 11.1 Å². The lowest BCUT2D eigenvalue weighted by atomic mass is 9.96. The maximum atomic E-state index is 13.1. The van der Waals surface area contributed by atoms with Crippen molar-refractivity contribution in [1.82, 2.24) is 0 Å². The second kappa shape index (κ2) is 9.70. The SMILES string of the molecule is O=C(OCc1cccc([N+](=O)[O-])c1)c1ccccc1C(=O)c1ccc(-c2ccccc2)cc1. The van der Waals surface area contributed by atoms with Gasteiger partial charge >= 0.3 is 5.97 Å². The third kappa shape index (κ3) is 5.02. The number of hydrogen-bond donors (Lipinski definition) is 0. The Bertz CT molecular complexity index is 1310. The zero-order chi connectivity index (χ0) is 23.2. The van der Waals surface area contributed by atoms with Gasteiger partial charge < -0.3 is 4.74 Å². The maximum Gasteiger partial charge on any atom is 0.339 e. The number of nitro groups is 1. The number of hydrogen-bond acceptors (Lipinski definition) is 5. The van der Waals surface area contributed by atoms with Crippen LogP contribution in [0.2, 0.25) is 0 Å². The molecule has 0 saturated heterocycles. The molecule has 0 radical (unpaired) electrons. The molecule has 0 N–H and O–H groups in total. The van der Waals surface area contributed by atoms with Crippen molar-refractivity contribution < 1.29 is 19.2 Å². The van der Waals surface area contributed by atoms with Crippen LogP contribution in [0.1, 0.15) is 31.8 Å². The molecule has 4 aromatic rings. The lowest BCUT2D eigenvalue weighted by Gasteiger charge is -2.10. The fourth-order valence-corrected chi connectivity index (χ4v) is 3.45. The first-order chi connectivity index (χ1) is 16.0. The number of carbonyl (C=O) groups is 2. The van der Waals surface area contributed by atoms with Crippen molar-refractivity contribution >= 4 is 17.4 Å². The molecule has 162 valence electrons. The molecule has 0 aliphatic heterocycles. The third-order valence-corrected chi connectivity index (χ3v) is 5.14. The molecule has 4 rings (SSSR count). The van der Waals surface area contributed by atoms with Crippen molar-refractivity contribution in [2.45, 2.75) is 6.61 Å². The summed E-state index contributed by atoms with van der Waals surface area (Å²) in [6.45, 7) is -0.144. The number of nitro benzene ring substituents is 1. The highest BCUT2D eigenvalue weighted by atomic mass is 16.6. The lowest BCUT2D eigenvalue weighted by molar-refractivity contribution is -0.384. The molecule has 0 atom stereocenters. The van der Waals surface area contributed by atoms with Crippen LogP contribution in [0.15, 0.2) is 103 Å². The summed E-state index contributed by atoms with van der Waals surface area (Å²) in [5, 5.41) is 10.9. The molecular formula is C27H19NO5. The molecule has 0 spiro atoms. The minimum absolute atomic E-state index is 0.0851. The van der Waals surface area contributed by atoms with Crippen LogP contribution >= 0.6 is 0 Å². The molecular weight excluding hydrogens is 418 g/mol. The molecule has 0 aliphatic carbocycles. The van der Waals surface area contributed by atoms with E-state index in [0.717, 1.165) is 11.1 Å². The Morgan fingerprint density at radius 1 is 0.727 bits per heavy atom. The Balaban J connectivity index is 1.52. The zero-order valence-corrected chi connectivity index (χ0v) is 17.5. The van der Waals surface area contributed by atoms with Crippen molar-refractivity contribution in [3.05, 3.63) is 135 Å². The first-order valence-electron chi connectivity index (χ1n) is 10.2. The Morgan fingerprint density at radius 3 is 2.06 bits per heavy atom. The van der Waals surface area contributed by atoms with Gasteiger partial charge in [-0.3, -0.25) is 14.9 Å². The second-order valence-electron chi connectivity index (χ2n) is 7.32. The lowest BCUT2D eigenvalue weighted by Crippen LogP contribution is -2.12. The number of benzene rings is 4. The molecule has 0 unspecified atom stereocenters. The quantitative estimate of drug-likeness (QED) is 0.157. The summed E-state index contributed by atoms with van der Waals surface area (Å²) in [6.07, 6.45) is 0. The van der Waals surface area contributed by atoms with Crippen LogP contribution in [0.4, 0.5) is 5.69 Å².